The molecule has 84 valence electrons. The van der Waals surface area contributed by atoms with Crippen LogP contribution in [0.15, 0.2) is 0 Å². The molecule has 0 aliphatic carbocycles. The monoisotopic (exact) mass is 245 g/mol. The molecule has 0 aromatic heterocycles. The molecule has 14 heavy (non-hydrogen) atoms. The third-order valence-electron chi connectivity index (χ3n) is 1.20. The van der Waals surface area contributed by atoms with E-state index in [2.05, 4.69) is 11.2 Å². The van der Waals surface area contributed by atoms with Gasteiger partial charge in [-0.1, -0.05) is 26.2 Å². The van der Waals surface area contributed by atoms with Crippen LogP contribution in [0.25, 0.3) is 0 Å². The second kappa shape index (κ2) is 13.0. The highest BCUT2D eigenvalue weighted by Crippen LogP contribution is 2.30. The molecule has 0 saturated carbocycles. The summed E-state index contributed by atoms with van der Waals surface area (Å²) in [4.78, 5) is 15.3. The zero-order valence-electron chi connectivity index (χ0n) is 8.13. The number of rotatable bonds is 6. The van der Waals surface area contributed by atoms with Gasteiger partial charge >= 0.3 is 16.5 Å². The fourth-order valence-electron chi connectivity index (χ4n) is 0.631. The summed E-state index contributed by atoms with van der Waals surface area (Å²) in [6, 6.07) is 0. The zero-order chi connectivity index (χ0) is 11.4. The van der Waals surface area contributed by atoms with Crippen LogP contribution >= 0.6 is 16.5 Å². The highest BCUT2D eigenvalue weighted by molar-refractivity contribution is 7.46. The van der Waals surface area contributed by atoms with Gasteiger partial charge in [0.1, 0.15) is 0 Å². The standard InChI is InChI=1S/C6H15N.O5P2/c1-2-3-4-5-6-7;1-6(2)5-7(3)4/h2-7H2,1H3;/p+2. The maximum Gasteiger partial charge on any atom is 0.745 e. The number of hydrogen-bond acceptors (Lipinski definition) is 4. The van der Waals surface area contributed by atoms with E-state index >= 15 is 0 Å². The fourth-order valence-corrected chi connectivity index (χ4v) is 1.11. The van der Waals surface area contributed by atoms with E-state index in [1.54, 1.807) is 0 Å². The van der Waals surface area contributed by atoms with E-state index in [1.165, 1.54) is 25.7 Å². The molecule has 8 heteroatoms. The molecule has 0 bridgehead atoms. The van der Waals surface area contributed by atoms with E-state index in [9.17, 15) is 9.13 Å². The summed E-state index contributed by atoms with van der Waals surface area (Å²) in [7, 11) is -5.85. The molecule has 0 radical (unpaired) electrons. The first-order valence-electron chi connectivity index (χ1n) is 4.25. The number of hydrogen-bond donors (Lipinski definition) is 3. The largest absolute Gasteiger partial charge is 0.745 e. The lowest BCUT2D eigenvalue weighted by Crippen LogP contribution is -1.97. The maximum absolute atomic E-state index is 9.39. The molecule has 0 aromatic carbocycles. The van der Waals surface area contributed by atoms with Crippen LogP contribution in [0.3, 0.4) is 0 Å². The Balaban J connectivity index is 0. The summed E-state index contributed by atoms with van der Waals surface area (Å²) >= 11 is 0. The molecule has 0 heterocycles. The minimum Gasteiger partial charge on any atom is -0.330 e. The van der Waals surface area contributed by atoms with Gasteiger partial charge in [0.05, 0.1) is 0 Å². The molecule has 0 aliphatic heterocycles. The third-order valence-corrected chi connectivity index (χ3v) is 2.31. The summed E-state index contributed by atoms with van der Waals surface area (Å²) in [5.74, 6) is 0. The Morgan fingerprint density at radius 1 is 1.14 bits per heavy atom. The zero-order valence-corrected chi connectivity index (χ0v) is 9.92. The van der Waals surface area contributed by atoms with Crippen molar-refractivity contribution >= 4 is 16.5 Å². The third kappa shape index (κ3) is 22.7. The van der Waals surface area contributed by atoms with Gasteiger partial charge in [-0.25, -0.2) is 0 Å². The molecule has 4 N–H and O–H groups in total. The van der Waals surface area contributed by atoms with E-state index in [0.717, 1.165) is 6.54 Å². The molecule has 6 nitrogen and oxygen atoms in total. The van der Waals surface area contributed by atoms with Crippen LogP contribution in [0.2, 0.25) is 0 Å². The quantitative estimate of drug-likeness (QED) is 0.486. The Morgan fingerprint density at radius 2 is 1.64 bits per heavy atom. The average molecular weight is 245 g/mol. The second-order valence-electron chi connectivity index (χ2n) is 2.41. The van der Waals surface area contributed by atoms with Crippen molar-refractivity contribution in [3.63, 3.8) is 0 Å². The van der Waals surface area contributed by atoms with Gasteiger partial charge in [-0.2, -0.15) is 0 Å². The van der Waals surface area contributed by atoms with Crippen molar-refractivity contribution in [1.29, 1.82) is 0 Å². The van der Waals surface area contributed by atoms with Crippen LogP contribution in [0.4, 0.5) is 0 Å². The fraction of sp³-hybridized carbons (Fsp3) is 1.00. The summed E-state index contributed by atoms with van der Waals surface area (Å²) in [5.41, 5.74) is 5.27. The van der Waals surface area contributed by atoms with Crippen LogP contribution in [-0.4, -0.2) is 16.3 Å². The van der Waals surface area contributed by atoms with Crippen LogP contribution < -0.4 is 5.73 Å². The van der Waals surface area contributed by atoms with Crippen molar-refractivity contribution in [3.05, 3.63) is 0 Å². The van der Waals surface area contributed by atoms with E-state index < -0.39 is 16.5 Å². The molecule has 2 unspecified atom stereocenters. The van der Waals surface area contributed by atoms with E-state index in [4.69, 9.17) is 15.5 Å². The maximum atomic E-state index is 9.39. The molecule has 0 spiro atoms. The Hall–Kier alpha value is 0.0400. The van der Waals surface area contributed by atoms with Crippen molar-refractivity contribution in [1.82, 2.24) is 0 Å². The topological polar surface area (TPSA) is 110 Å². The predicted molar refractivity (Wildman–Crippen MR) is 53.9 cm³/mol. The van der Waals surface area contributed by atoms with Crippen LogP contribution in [0.1, 0.15) is 32.6 Å². The van der Waals surface area contributed by atoms with Gasteiger partial charge < -0.3 is 5.73 Å². The second-order valence-corrected chi connectivity index (χ2v) is 4.01. The normalized spacial score (nSPS) is 11.4. The van der Waals surface area contributed by atoms with Crippen molar-refractivity contribution in [2.45, 2.75) is 32.6 Å². The van der Waals surface area contributed by atoms with Gasteiger partial charge in [-0.05, 0) is 13.0 Å². The highest BCUT2D eigenvalue weighted by Gasteiger charge is 2.31. The molecular formula is C6H17NO5P2+2. The van der Waals surface area contributed by atoms with Crippen LogP contribution in [0, 0.1) is 0 Å². The Labute approximate surface area is 85.4 Å². The molecule has 0 saturated heterocycles. The first kappa shape index (κ1) is 16.5. The number of unbranched alkanes of at least 4 members (excludes halogenated alkanes) is 3. The van der Waals surface area contributed by atoms with Gasteiger partial charge in [0, 0.05) is 9.13 Å². The van der Waals surface area contributed by atoms with Gasteiger partial charge in [0.15, 0.2) is 4.31 Å². The van der Waals surface area contributed by atoms with E-state index in [0.29, 0.717) is 0 Å². The molecule has 0 rings (SSSR count). The van der Waals surface area contributed by atoms with Crippen molar-refractivity contribution in [3.8, 4) is 0 Å². The lowest BCUT2D eigenvalue weighted by Gasteiger charge is -1.90. The minimum atomic E-state index is -2.92. The first-order valence-corrected chi connectivity index (χ1v) is 6.51. The Bertz CT molecular complexity index is 150. The Kier molecular flexibility index (Phi) is 15.3. The van der Waals surface area contributed by atoms with Crippen LogP contribution in [0.5, 0.6) is 0 Å². The van der Waals surface area contributed by atoms with Gasteiger partial charge in [-0.15, -0.1) is 9.79 Å². The highest BCUT2D eigenvalue weighted by atomic mass is 31.2. The molecule has 0 fully saturated rings. The summed E-state index contributed by atoms with van der Waals surface area (Å²) in [6.45, 7) is 3.07. The first-order chi connectivity index (χ1) is 6.54. The molecule has 0 aromatic rings. The summed E-state index contributed by atoms with van der Waals surface area (Å²) in [6.07, 6.45) is 5.16. The number of nitrogens with two attached hydrogens (primary N) is 1. The predicted octanol–water partition coefficient (Wildman–Crippen LogP) is 1.83. The summed E-state index contributed by atoms with van der Waals surface area (Å²) < 4.78 is 22.2. The molecular weight excluding hydrogens is 228 g/mol. The molecule has 0 amide bonds. The van der Waals surface area contributed by atoms with Crippen molar-refractivity contribution < 1.29 is 23.2 Å². The van der Waals surface area contributed by atoms with Gasteiger partial charge in [0.2, 0.25) is 0 Å². The van der Waals surface area contributed by atoms with Crippen molar-refractivity contribution in [2.75, 3.05) is 6.54 Å². The van der Waals surface area contributed by atoms with E-state index in [1.807, 2.05) is 0 Å². The Morgan fingerprint density at radius 3 is 1.86 bits per heavy atom. The smallest absolute Gasteiger partial charge is 0.330 e. The van der Waals surface area contributed by atoms with Gasteiger partial charge in [-0.3, -0.25) is 0 Å². The molecule has 0 aliphatic rings. The minimum absolute atomic E-state index is 0.861. The SMILES string of the molecule is CCCCCCN.O=[P+](O)O[P+](=O)O. The summed E-state index contributed by atoms with van der Waals surface area (Å²) in [5, 5.41) is 0. The average Bonchev–Trinajstić information content (AvgIpc) is 2.04. The van der Waals surface area contributed by atoms with Crippen LogP contribution in [-0.2, 0) is 13.4 Å². The lowest BCUT2D eigenvalue weighted by molar-refractivity contribution is 0.371. The van der Waals surface area contributed by atoms with Gasteiger partial charge in [0.25, 0.3) is 0 Å². The van der Waals surface area contributed by atoms with E-state index in [-0.39, 0.29) is 0 Å². The van der Waals surface area contributed by atoms with Crippen molar-refractivity contribution in [2.24, 2.45) is 5.73 Å². The molecule has 2 atom stereocenters. The lowest BCUT2D eigenvalue weighted by atomic mass is 10.2.